The van der Waals surface area contributed by atoms with Gasteiger partial charge in [0, 0.05) is 40.6 Å². The molecule has 3 aromatic rings. The van der Waals surface area contributed by atoms with Crippen molar-refractivity contribution in [3.05, 3.63) is 79.4 Å². The SMILES string of the molecule is COC(=O)C1=C(C)NC2=C(C(=O)[C@@]3(Oc4c(Cl)c(OC)cc(OC)c4C3=O)[C@H](C)C2)C1c1cc2ccc(OC)cc2[nH]c1=O. The summed E-state index contributed by atoms with van der Waals surface area (Å²) in [7, 11) is 5.52. The molecule has 1 unspecified atom stereocenters. The van der Waals surface area contributed by atoms with Crippen molar-refractivity contribution in [1.82, 2.24) is 10.3 Å². The van der Waals surface area contributed by atoms with Crippen LogP contribution in [0.25, 0.3) is 10.9 Å². The van der Waals surface area contributed by atoms with E-state index in [9.17, 15) is 19.2 Å². The summed E-state index contributed by atoms with van der Waals surface area (Å²) in [5.74, 6) is -3.10. The van der Waals surface area contributed by atoms with Crippen molar-refractivity contribution in [3.63, 3.8) is 0 Å². The Morgan fingerprint density at radius 1 is 1.00 bits per heavy atom. The van der Waals surface area contributed by atoms with Crippen molar-refractivity contribution in [2.24, 2.45) is 5.92 Å². The van der Waals surface area contributed by atoms with Gasteiger partial charge >= 0.3 is 5.97 Å². The summed E-state index contributed by atoms with van der Waals surface area (Å²) in [6.45, 7) is 3.40. The number of hydrogen-bond acceptors (Lipinski definition) is 10. The van der Waals surface area contributed by atoms with E-state index in [0.29, 0.717) is 28.0 Å². The molecule has 0 bridgehead atoms. The van der Waals surface area contributed by atoms with Crippen LogP contribution in [0.5, 0.6) is 23.0 Å². The van der Waals surface area contributed by atoms with Crippen molar-refractivity contribution in [1.29, 1.82) is 0 Å². The molecule has 2 aromatic carbocycles. The first-order valence-corrected chi connectivity index (χ1v) is 14.1. The fraction of sp³-hybridized carbons (Fsp3) is 0.312. The lowest BCUT2D eigenvalue weighted by Crippen LogP contribution is -2.58. The van der Waals surface area contributed by atoms with Crippen molar-refractivity contribution < 1.29 is 38.1 Å². The number of dihydropyridines is 1. The normalized spacial score (nSPS) is 22.4. The van der Waals surface area contributed by atoms with E-state index < -0.39 is 40.5 Å². The summed E-state index contributed by atoms with van der Waals surface area (Å²) in [6.07, 6.45) is 0.183. The number of ether oxygens (including phenoxy) is 5. The molecule has 228 valence electrons. The van der Waals surface area contributed by atoms with E-state index >= 15 is 0 Å². The summed E-state index contributed by atoms with van der Waals surface area (Å²) < 4.78 is 27.6. The van der Waals surface area contributed by atoms with Gasteiger partial charge < -0.3 is 34.0 Å². The van der Waals surface area contributed by atoms with Gasteiger partial charge in [0.1, 0.15) is 27.8 Å². The van der Waals surface area contributed by atoms with E-state index in [-0.39, 0.29) is 51.0 Å². The van der Waals surface area contributed by atoms with E-state index in [1.54, 1.807) is 38.1 Å². The van der Waals surface area contributed by atoms with Crippen LogP contribution in [0.2, 0.25) is 5.02 Å². The van der Waals surface area contributed by atoms with Gasteiger partial charge in [-0.1, -0.05) is 18.5 Å². The monoisotopic (exact) mass is 620 g/mol. The molecule has 0 amide bonds. The third kappa shape index (κ3) is 3.95. The van der Waals surface area contributed by atoms with E-state index in [1.807, 2.05) is 0 Å². The molecular weight excluding hydrogens is 592 g/mol. The molecule has 12 heteroatoms. The molecule has 3 atom stereocenters. The van der Waals surface area contributed by atoms with Crippen LogP contribution in [0.1, 0.15) is 42.1 Å². The van der Waals surface area contributed by atoms with Crippen LogP contribution >= 0.6 is 11.6 Å². The number of nitrogens with one attached hydrogen (secondary N) is 2. The Kier molecular flexibility index (Phi) is 6.96. The highest BCUT2D eigenvalue weighted by molar-refractivity contribution is 6.36. The summed E-state index contributed by atoms with van der Waals surface area (Å²) in [4.78, 5) is 59.1. The zero-order valence-corrected chi connectivity index (χ0v) is 25.6. The molecule has 2 N–H and O–H groups in total. The van der Waals surface area contributed by atoms with Crippen molar-refractivity contribution >= 4 is 40.0 Å². The number of Topliss-reactive ketones (excluding diaryl/α,β-unsaturated/α-hetero) is 2. The highest BCUT2D eigenvalue weighted by Crippen LogP contribution is 2.56. The third-order valence-corrected chi connectivity index (χ3v) is 9.01. The number of H-pyrrole nitrogens is 1. The van der Waals surface area contributed by atoms with E-state index in [1.165, 1.54) is 34.5 Å². The van der Waals surface area contributed by atoms with Gasteiger partial charge in [-0.2, -0.15) is 0 Å². The number of pyridine rings is 1. The molecule has 0 saturated carbocycles. The van der Waals surface area contributed by atoms with Crippen LogP contribution in [0.15, 0.2) is 57.7 Å². The maximum absolute atomic E-state index is 14.9. The minimum Gasteiger partial charge on any atom is -0.497 e. The summed E-state index contributed by atoms with van der Waals surface area (Å²) in [5.41, 5.74) is -0.942. The molecule has 44 heavy (non-hydrogen) atoms. The van der Waals surface area contributed by atoms with Crippen molar-refractivity contribution in [2.75, 3.05) is 28.4 Å². The van der Waals surface area contributed by atoms with Gasteiger partial charge in [0.05, 0.1) is 45.4 Å². The molecule has 2 aliphatic heterocycles. The molecule has 0 fully saturated rings. The van der Waals surface area contributed by atoms with Crippen LogP contribution in [-0.4, -0.2) is 56.6 Å². The number of halogens is 1. The van der Waals surface area contributed by atoms with Gasteiger partial charge in [-0.05, 0) is 36.9 Å². The number of ketones is 2. The molecule has 3 aliphatic rings. The van der Waals surface area contributed by atoms with Gasteiger partial charge in [-0.15, -0.1) is 0 Å². The quantitative estimate of drug-likeness (QED) is 0.314. The number of allylic oxidation sites excluding steroid dienone is 2. The highest BCUT2D eigenvalue weighted by Gasteiger charge is 2.64. The molecule has 3 heterocycles. The Bertz CT molecular complexity index is 1920. The first-order chi connectivity index (χ1) is 21.0. The molecule has 11 nitrogen and oxygen atoms in total. The number of carbonyl (C=O) groups is 3. The standard InChI is InChI=1S/C32H29ClN2O9/c1-13-9-19-24(28(36)32(13)29(37)25-20(41-4)12-21(42-5)26(33)27(25)44-32)23(22(14(2)34-19)31(39)43-6)17-10-15-7-8-16(40-3)11-18(15)35-30(17)38/h7-8,10-13,23,34H,9H2,1-6H3,(H,35,38)/t13-,23?,32+/m1/s1. The molecule has 0 radical (unpaired) electrons. The van der Waals surface area contributed by atoms with Gasteiger partial charge in [-0.25, -0.2) is 4.79 Å². The zero-order chi connectivity index (χ0) is 31.7. The van der Waals surface area contributed by atoms with E-state index in [2.05, 4.69) is 10.3 Å². The molecular formula is C32H29ClN2O9. The van der Waals surface area contributed by atoms with Gasteiger partial charge in [0.25, 0.3) is 5.56 Å². The minimum atomic E-state index is -2.05. The predicted molar refractivity (Wildman–Crippen MR) is 160 cm³/mol. The molecule has 1 spiro atoms. The maximum Gasteiger partial charge on any atom is 0.336 e. The topological polar surface area (TPSA) is 142 Å². The number of carbonyl (C=O) groups excluding carboxylic acids is 3. The van der Waals surface area contributed by atoms with Crippen LogP contribution < -0.4 is 29.8 Å². The van der Waals surface area contributed by atoms with Crippen LogP contribution in [0, 0.1) is 5.92 Å². The maximum atomic E-state index is 14.9. The van der Waals surface area contributed by atoms with Crippen LogP contribution in [0.4, 0.5) is 0 Å². The number of aromatic amines is 1. The van der Waals surface area contributed by atoms with Crippen molar-refractivity contribution in [3.8, 4) is 23.0 Å². The zero-order valence-electron chi connectivity index (χ0n) is 24.8. The smallest absolute Gasteiger partial charge is 0.336 e. The molecule has 0 saturated heterocycles. The van der Waals surface area contributed by atoms with E-state index in [4.69, 9.17) is 35.3 Å². The number of hydrogen-bond donors (Lipinski definition) is 2. The third-order valence-electron chi connectivity index (χ3n) is 8.65. The second-order valence-corrected chi connectivity index (χ2v) is 11.3. The second kappa shape index (κ2) is 10.4. The van der Waals surface area contributed by atoms with Gasteiger partial charge in [-0.3, -0.25) is 14.4 Å². The van der Waals surface area contributed by atoms with E-state index in [0.717, 1.165) is 0 Å². The number of esters is 1. The minimum absolute atomic E-state index is 0.0130. The molecule has 6 rings (SSSR count). The first-order valence-electron chi connectivity index (χ1n) is 13.7. The molecule has 1 aromatic heterocycles. The highest BCUT2D eigenvalue weighted by atomic mass is 35.5. The Morgan fingerprint density at radius 3 is 2.39 bits per heavy atom. The summed E-state index contributed by atoms with van der Waals surface area (Å²) in [5, 5.41) is 3.83. The number of benzene rings is 2. The average Bonchev–Trinajstić information content (AvgIpc) is 3.33. The first kappa shape index (κ1) is 29.3. The Hall–Kier alpha value is -4.77. The lowest BCUT2D eigenvalue weighted by molar-refractivity contribution is -0.136. The Balaban J connectivity index is 1.58. The number of rotatable bonds is 5. The van der Waals surface area contributed by atoms with Crippen molar-refractivity contribution in [2.45, 2.75) is 31.8 Å². The Morgan fingerprint density at radius 2 is 1.73 bits per heavy atom. The number of fused-ring (bicyclic) bond motifs is 2. The number of methoxy groups -OCH3 is 4. The average molecular weight is 621 g/mol. The summed E-state index contributed by atoms with van der Waals surface area (Å²) in [6, 6.07) is 8.24. The largest absolute Gasteiger partial charge is 0.497 e. The van der Waals surface area contributed by atoms with Crippen LogP contribution in [-0.2, 0) is 14.3 Å². The lowest BCUT2D eigenvalue weighted by Gasteiger charge is -2.42. The predicted octanol–water partition coefficient (Wildman–Crippen LogP) is 4.22. The Labute approximate surface area is 256 Å². The van der Waals surface area contributed by atoms with Gasteiger partial charge in [0.2, 0.25) is 17.2 Å². The summed E-state index contributed by atoms with van der Waals surface area (Å²) >= 11 is 6.59. The van der Waals surface area contributed by atoms with Gasteiger partial charge in [0.15, 0.2) is 5.75 Å². The fourth-order valence-corrected chi connectivity index (χ4v) is 6.77. The van der Waals surface area contributed by atoms with Crippen LogP contribution in [0.3, 0.4) is 0 Å². The number of aromatic nitrogens is 1. The second-order valence-electron chi connectivity index (χ2n) is 10.9. The molecule has 1 aliphatic carbocycles. The lowest BCUT2D eigenvalue weighted by atomic mass is 9.65. The fourth-order valence-electron chi connectivity index (χ4n) is 6.50.